The normalized spacial score (nSPS) is 11.3. The molecule has 0 bridgehead atoms. The van der Waals surface area contributed by atoms with Gasteiger partial charge in [0.25, 0.3) is 0 Å². The van der Waals surface area contributed by atoms with Gasteiger partial charge in [0.15, 0.2) is 0 Å². The number of nitro groups is 1. The summed E-state index contributed by atoms with van der Waals surface area (Å²) in [7, 11) is 1.48. The molecular formula is C15H15ClF2N4O4. The van der Waals surface area contributed by atoms with E-state index in [2.05, 4.69) is 21.4 Å². The molecule has 140 valence electrons. The van der Waals surface area contributed by atoms with Gasteiger partial charge in [0.2, 0.25) is 5.91 Å². The molecule has 1 heterocycles. The molecule has 26 heavy (non-hydrogen) atoms. The standard InChI is InChI=1S/C15H15ClF2N4O4/c1-9-14(22(24)25)10(2)21(19-9)8-13(23)20(3)11-4-6-12(7-5-11)26-15(16,17)18/h4-7H,8H2,1-3H3. The van der Waals surface area contributed by atoms with Crippen LogP contribution in [0.4, 0.5) is 20.2 Å². The molecule has 1 amide bonds. The fourth-order valence-corrected chi connectivity index (χ4v) is 2.44. The average Bonchev–Trinajstić information content (AvgIpc) is 2.79. The molecular weight excluding hydrogens is 374 g/mol. The minimum Gasteiger partial charge on any atom is -0.420 e. The third-order valence-electron chi connectivity index (χ3n) is 3.64. The molecule has 0 fully saturated rings. The second-order valence-corrected chi connectivity index (χ2v) is 5.87. The number of likely N-dealkylation sites (N-methyl/N-ethyl adjacent to an activating group) is 1. The first-order chi connectivity index (χ1) is 12.0. The Bertz CT molecular complexity index is 833. The van der Waals surface area contributed by atoms with Crippen molar-refractivity contribution in [3.8, 4) is 5.75 Å². The van der Waals surface area contributed by atoms with E-state index in [0.717, 1.165) is 0 Å². The van der Waals surface area contributed by atoms with Gasteiger partial charge in [0.05, 0.1) is 4.92 Å². The third kappa shape index (κ3) is 4.45. The topological polar surface area (TPSA) is 90.5 Å². The Labute approximate surface area is 152 Å². The summed E-state index contributed by atoms with van der Waals surface area (Å²) < 4.78 is 30.6. The number of aryl methyl sites for hydroxylation is 1. The lowest BCUT2D eigenvalue weighted by atomic mass is 10.2. The van der Waals surface area contributed by atoms with E-state index in [4.69, 9.17) is 0 Å². The monoisotopic (exact) mass is 388 g/mol. The van der Waals surface area contributed by atoms with Gasteiger partial charge in [-0.2, -0.15) is 5.10 Å². The van der Waals surface area contributed by atoms with Gasteiger partial charge in [-0.15, -0.1) is 8.78 Å². The summed E-state index contributed by atoms with van der Waals surface area (Å²) >= 11 is 4.68. The highest BCUT2D eigenvalue weighted by molar-refractivity contribution is 6.20. The predicted molar refractivity (Wildman–Crippen MR) is 89.6 cm³/mol. The third-order valence-corrected chi connectivity index (χ3v) is 3.72. The molecule has 0 spiro atoms. The Kier molecular flexibility index (Phi) is 5.45. The number of hydrogen-bond donors (Lipinski definition) is 0. The lowest BCUT2D eigenvalue weighted by Crippen LogP contribution is -2.30. The number of benzene rings is 1. The smallest absolute Gasteiger partial charge is 0.420 e. The maximum absolute atomic E-state index is 12.6. The molecule has 2 rings (SSSR count). The molecule has 0 unspecified atom stereocenters. The lowest BCUT2D eigenvalue weighted by molar-refractivity contribution is -0.386. The molecule has 0 aliphatic carbocycles. The van der Waals surface area contributed by atoms with Crippen LogP contribution in [-0.4, -0.2) is 33.2 Å². The van der Waals surface area contributed by atoms with Gasteiger partial charge in [0.1, 0.15) is 23.7 Å². The summed E-state index contributed by atoms with van der Waals surface area (Å²) in [6, 6.07) is 5.28. The minimum atomic E-state index is -3.83. The molecule has 0 saturated heterocycles. The maximum Gasteiger partial charge on any atom is 0.487 e. The number of anilines is 1. The van der Waals surface area contributed by atoms with Gasteiger partial charge in [-0.25, -0.2) is 0 Å². The number of aromatic nitrogens is 2. The molecule has 1 aromatic carbocycles. The van der Waals surface area contributed by atoms with Crippen LogP contribution < -0.4 is 9.64 Å². The quantitative estimate of drug-likeness (QED) is 0.430. The molecule has 2 aromatic rings. The van der Waals surface area contributed by atoms with Crippen LogP contribution in [0.2, 0.25) is 0 Å². The molecule has 0 atom stereocenters. The summed E-state index contributed by atoms with van der Waals surface area (Å²) in [4.78, 5) is 24.1. The Morgan fingerprint density at radius 2 is 1.96 bits per heavy atom. The Balaban J connectivity index is 2.13. The number of nitrogens with zero attached hydrogens (tertiary/aromatic N) is 4. The summed E-state index contributed by atoms with van der Waals surface area (Å²) in [6.07, 6.45) is 0. The van der Waals surface area contributed by atoms with Crippen LogP contribution in [0.25, 0.3) is 0 Å². The van der Waals surface area contributed by atoms with Crippen molar-refractivity contribution in [2.75, 3.05) is 11.9 Å². The van der Waals surface area contributed by atoms with E-state index in [1.807, 2.05) is 0 Å². The van der Waals surface area contributed by atoms with Gasteiger partial charge < -0.3 is 9.64 Å². The molecule has 0 radical (unpaired) electrons. The first kappa shape index (κ1) is 19.6. The summed E-state index contributed by atoms with van der Waals surface area (Å²) in [6.45, 7) is 2.78. The average molecular weight is 389 g/mol. The molecule has 0 aliphatic rings. The van der Waals surface area contributed by atoms with Gasteiger partial charge in [-0.05, 0) is 38.1 Å². The largest absolute Gasteiger partial charge is 0.487 e. The fourth-order valence-electron chi connectivity index (χ4n) is 2.36. The van der Waals surface area contributed by atoms with E-state index in [0.29, 0.717) is 5.69 Å². The van der Waals surface area contributed by atoms with E-state index in [9.17, 15) is 23.7 Å². The van der Waals surface area contributed by atoms with Crippen molar-refractivity contribution in [1.82, 2.24) is 9.78 Å². The van der Waals surface area contributed by atoms with Crippen LogP contribution in [0.5, 0.6) is 5.75 Å². The van der Waals surface area contributed by atoms with Crippen molar-refractivity contribution in [3.63, 3.8) is 0 Å². The highest BCUT2D eigenvalue weighted by atomic mass is 35.5. The number of amides is 1. The van der Waals surface area contributed by atoms with Crippen LogP contribution in [0, 0.1) is 24.0 Å². The van der Waals surface area contributed by atoms with Crippen molar-refractivity contribution >= 4 is 28.9 Å². The number of carbonyl (C=O) groups is 1. The molecule has 0 N–H and O–H groups in total. The minimum absolute atomic E-state index is 0.135. The zero-order chi connectivity index (χ0) is 19.6. The molecule has 0 saturated carbocycles. The van der Waals surface area contributed by atoms with Crippen molar-refractivity contribution < 1.29 is 23.2 Å². The van der Waals surface area contributed by atoms with Crippen LogP contribution in [-0.2, 0) is 11.3 Å². The van der Waals surface area contributed by atoms with E-state index in [1.165, 1.54) is 54.7 Å². The fraction of sp³-hybridized carbons (Fsp3) is 0.333. The maximum atomic E-state index is 12.6. The number of alkyl halides is 3. The van der Waals surface area contributed by atoms with Crippen LogP contribution in [0.15, 0.2) is 24.3 Å². The van der Waals surface area contributed by atoms with E-state index in [1.54, 1.807) is 0 Å². The first-order valence-electron chi connectivity index (χ1n) is 7.30. The highest BCUT2D eigenvalue weighted by Crippen LogP contribution is 2.27. The van der Waals surface area contributed by atoms with Crippen LogP contribution in [0.1, 0.15) is 11.4 Å². The summed E-state index contributed by atoms with van der Waals surface area (Å²) in [5.74, 6) is -0.564. The summed E-state index contributed by atoms with van der Waals surface area (Å²) in [5.41, 5.74) is -3.07. The van der Waals surface area contributed by atoms with E-state index >= 15 is 0 Å². The number of carbonyl (C=O) groups excluding carboxylic acids is 1. The van der Waals surface area contributed by atoms with E-state index < -0.39 is 16.4 Å². The lowest BCUT2D eigenvalue weighted by Gasteiger charge is -2.18. The molecule has 0 aliphatic heterocycles. The first-order valence-corrected chi connectivity index (χ1v) is 7.68. The zero-order valence-electron chi connectivity index (χ0n) is 14.1. The number of hydrogen-bond acceptors (Lipinski definition) is 5. The highest BCUT2D eigenvalue weighted by Gasteiger charge is 2.28. The van der Waals surface area contributed by atoms with Gasteiger partial charge in [-0.1, -0.05) is 0 Å². The Morgan fingerprint density at radius 3 is 2.42 bits per heavy atom. The molecule has 1 aromatic heterocycles. The van der Waals surface area contributed by atoms with Gasteiger partial charge >= 0.3 is 11.3 Å². The summed E-state index contributed by atoms with van der Waals surface area (Å²) in [5, 5.41) is 15.0. The Morgan fingerprint density at radius 1 is 1.38 bits per heavy atom. The van der Waals surface area contributed by atoms with Gasteiger partial charge in [-0.3, -0.25) is 19.6 Å². The molecule has 11 heteroatoms. The SMILES string of the molecule is Cc1nn(CC(=O)N(C)c2ccc(OC(F)(F)Cl)cc2)c(C)c1[N+](=O)[O-]. The van der Waals surface area contributed by atoms with Crippen molar-refractivity contribution in [1.29, 1.82) is 0 Å². The number of halogens is 3. The van der Waals surface area contributed by atoms with Crippen LogP contribution in [0.3, 0.4) is 0 Å². The van der Waals surface area contributed by atoms with Crippen molar-refractivity contribution in [2.45, 2.75) is 26.0 Å². The van der Waals surface area contributed by atoms with Crippen molar-refractivity contribution in [3.05, 3.63) is 45.8 Å². The van der Waals surface area contributed by atoms with E-state index in [-0.39, 0.29) is 29.4 Å². The number of ether oxygens (including phenoxy) is 1. The zero-order valence-corrected chi connectivity index (χ0v) is 14.8. The predicted octanol–water partition coefficient (Wildman–Crippen LogP) is 3.24. The second-order valence-electron chi connectivity index (χ2n) is 5.43. The Hall–Kier alpha value is -2.75. The van der Waals surface area contributed by atoms with Gasteiger partial charge in [0, 0.05) is 24.3 Å². The second kappa shape index (κ2) is 7.24. The molecule has 8 nitrogen and oxygen atoms in total. The van der Waals surface area contributed by atoms with Crippen molar-refractivity contribution in [2.24, 2.45) is 0 Å². The number of rotatable bonds is 6. The van der Waals surface area contributed by atoms with Crippen LogP contribution >= 0.6 is 11.6 Å².